The van der Waals surface area contributed by atoms with Crippen molar-refractivity contribution in [1.82, 2.24) is 14.9 Å². The number of aliphatic hydroxyl groups excluding tert-OH is 1. The van der Waals surface area contributed by atoms with Crippen LogP contribution in [-0.2, 0) is 11.2 Å². The molecule has 6 nitrogen and oxygen atoms in total. The van der Waals surface area contributed by atoms with Gasteiger partial charge in [0.2, 0.25) is 0 Å². The van der Waals surface area contributed by atoms with Gasteiger partial charge in [0.25, 0.3) is 5.91 Å². The van der Waals surface area contributed by atoms with E-state index in [1.165, 1.54) is 0 Å². The predicted molar refractivity (Wildman–Crippen MR) is 64.1 cm³/mol. The summed E-state index contributed by atoms with van der Waals surface area (Å²) >= 11 is 1.08. The second kappa shape index (κ2) is 7.31. The topological polar surface area (TPSA) is 84.3 Å². The van der Waals surface area contributed by atoms with Gasteiger partial charge in [-0.1, -0.05) is 11.4 Å². The van der Waals surface area contributed by atoms with Gasteiger partial charge >= 0.3 is 0 Å². The van der Waals surface area contributed by atoms with Gasteiger partial charge in [0.05, 0.1) is 18.3 Å². The van der Waals surface area contributed by atoms with Crippen LogP contribution in [0.2, 0.25) is 0 Å². The molecular weight excluding hydrogens is 242 g/mol. The van der Waals surface area contributed by atoms with Crippen molar-refractivity contribution in [2.75, 3.05) is 20.3 Å². The zero-order valence-electron chi connectivity index (χ0n) is 9.97. The third kappa shape index (κ3) is 4.03. The van der Waals surface area contributed by atoms with Gasteiger partial charge in [0.1, 0.15) is 4.88 Å². The van der Waals surface area contributed by atoms with E-state index in [-0.39, 0.29) is 18.6 Å². The lowest BCUT2D eigenvalue weighted by molar-refractivity contribution is 0.0881. The van der Waals surface area contributed by atoms with Crippen LogP contribution >= 0.6 is 11.5 Å². The molecule has 7 heteroatoms. The van der Waals surface area contributed by atoms with E-state index in [1.54, 1.807) is 7.11 Å². The minimum Gasteiger partial charge on any atom is -0.396 e. The number of nitrogens with one attached hydrogen (secondary N) is 1. The third-order valence-corrected chi connectivity index (χ3v) is 3.04. The number of carbonyl (C=O) groups is 1. The monoisotopic (exact) mass is 259 g/mol. The summed E-state index contributed by atoms with van der Waals surface area (Å²) in [5.41, 5.74) is 0.702. The first-order valence-corrected chi connectivity index (χ1v) is 6.22. The van der Waals surface area contributed by atoms with Crippen LogP contribution in [0.5, 0.6) is 0 Å². The number of nitrogens with zero attached hydrogens (tertiary/aromatic N) is 2. The number of aliphatic hydroxyl groups is 1. The number of methoxy groups -OCH3 is 1. The largest absolute Gasteiger partial charge is 0.396 e. The molecule has 0 fully saturated rings. The van der Waals surface area contributed by atoms with Gasteiger partial charge in [-0.3, -0.25) is 4.79 Å². The van der Waals surface area contributed by atoms with Crippen molar-refractivity contribution in [3.63, 3.8) is 0 Å². The zero-order chi connectivity index (χ0) is 12.7. The Morgan fingerprint density at radius 3 is 3.00 bits per heavy atom. The summed E-state index contributed by atoms with van der Waals surface area (Å²) in [7, 11) is 1.56. The summed E-state index contributed by atoms with van der Waals surface area (Å²) in [6.45, 7) is 2.31. The molecule has 1 aromatic heterocycles. The quantitative estimate of drug-likeness (QED) is 0.732. The maximum atomic E-state index is 11.9. The molecule has 0 aromatic carbocycles. The van der Waals surface area contributed by atoms with Crippen LogP contribution in [-0.4, -0.2) is 47.0 Å². The van der Waals surface area contributed by atoms with Gasteiger partial charge in [-0.05, 0) is 24.4 Å². The molecule has 0 aliphatic rings. The number of carbonyl (C=O) groups excluding carboxylic acids is 1. The Balaban J connectivity index is 2.63. The summed E-state index contributed by atoms with van der Waals surface area (Å²) in [6, 6.07) is -0.190. The molecule has 0 aliphatic heterocycles. The Bertz CT molecular complexity index is 350. The van der Waals surface area contributed by atoms with E-state index in [0.29, 0.717) is 30.0 Å². The van der Waals surface area contributed by atoms with Crippen molar-refractivity contribution in [3.8, 4) is 0 Å². The fourth-order valence-electron chi connectivity index (χ4n) is 1.42. The number of aryl methyl sites for hydroxylation is 1. The molecule has 0 saturated heterocycles. The molecule has 96 valence electrons. The number of rotatable bonds is 7. The van der Waals surface area contributed by atoms with Crippen molar-refractivity contribution >= 4 is 17.4 Å². The average molecular weight is 259 g/mol. The first kappa shape index (κ1) is 14.0. The standard InChI is InChI=1S/C10H17N3O3S/c1-3-8-9(17-13-12-8)10(15)11-7(4-5-14)6-16-2/h7,14H,3-6H2,1-2H3,(H,11,15). The van der Waals surface area contributed by atoms with Crippen LogP contribution < -0.4 is 5.32 Å². The molecule has 0 radical (unpaired) electrons. The van der Waals surface area contributed by atoms with E-state index in [2.05, 4.69) is 14.9 Å². The van der Waals surface area contributed by atoms with Gasteiger partial charge in [-0.25, -0.2) is 0 Å². The number of aromatic nitrogens is 2. The second-order valence-electron chi connectivity index (χ2n) is 3.54. The summed E-state index contributed by atoms with van der Waals surface area (Å²) in [6.07, 6.45) is 1.14. The smallest absolute Gasteiger partial charge is 0.265 e. The highest BCUT2D eigenvalue weighted by Gasteiger charge is 2.18. The average Bonchev–Trinajstić information content (AvgIpc) is 2.77. The van der Waals surface area contributed by atoms with Gasteiger partial charge in [0, 0.05) is 13.7 Å². The Morgan fingerprint density at radius 2 is 2.41 bits per heavy atom. The van der Waals surface area contributed by atoms with Crippen LogP contribution in [0.4, 0.5) is 0 Å². The van der Waals surface area contributed by atoms with Crippen LogP contribution in [0.3, 0.4) is 0 Å². The van der Waals surface area contributed by atoms with Crippen molar-refractivity contribution < 1.29 is 14.6 Å². The van der Waals surface area contributed by atoms with E-state index in [4.69, 9.17) is 9.84 Å². The lowest BCUT2D eigenvalue weighted by Crippen LogP contribution is -2.38. The van der Waals surface area contributed by atoms with Gasteiger partial charge in [0.15, 0.2) is 0 Å². The highest BCUT2D eigenvalue weighted by Crippen LogP contribution is 2.11. The first-order valence-electron chi connectivity index (χ1n) is 5.44. The van der Waals surface area contributed by atoms with E-state index < -0.39 is 0 Å². The minimum atomic E-state index is -0.202. The highest BCUT2D eigenvalue weighted by atomic mass is 32.1. The lowest BCUT2D eigenvalue weighted by Gasteiger charge is -2.16. The summed E-state index contributed by atoms with van der Waals surface area (Å²) in [5.74, 6) is -0.202. The van der Waals surface area contributed by atoms with Gasteiger partial charge < -0.3 is 15.2 Å². The molecule has 0 aliphatic carbocycles. The molecule has 0 saturated carbocycles. The minimum absolute atomic E-state index is 0.00980. The number of hydrogen-bond donors (Lipinski definition) is 2. The van der Waals surface area contributed by atoms with Gasteiger partial charge in [-0.2, -0.15) is 0 Å². The van der Waals surface area contributed by atoms with E-state index in [1.807, 2.05) is 6.92 Å². The van der Waals surface area contributed by atoms with Crippen molar-refractivity contribution in [2.45, 2.75) is 25.8 Å². The molecular formula is C10H17N3O3S. The fraction of sp³-hybridized carbons (Fsp3) is 0.700. The van der Waals surface area contributed by atoms with Crippen LogP contribution in [0, 0.1) is 0 Å². The van der Waals surface area contributed by atoms with E-state index >= 15 is 0 Å². The lowest BCUT2D eigenvalue weighted by atomic mass is 10.2. The van der Waals surface area contributed by atoms with Crippen molar-refractivity contribution in [3.05, 3.63) is 10.6 Å². The molecule has 0 bridgehead atoms. The number of amides is 1. The Kier molecular flexibility index (Phi) is 6.03. The number of hydrogen-bond acceptors (Lipinski definition) is 6. The molecule has 1 atom stereocenters. The SMILES string of the molecule is CCc1nnsc1C(=O)NC(CCO)COC. The van der Waals surface area contributed by atoms with Crippen LogP contribution in [0.15, 0.2) is 0 Å². The molecule has 1 heterocycles. The van der Waals surface area contributed by atoms with E-state index in [0.717, 1.165) is 11.5 Å². The molecule has 1 aromatic rings. The van der Waals surface area contributed by atoms with Crippen molar-refractivity contribution in [1.29, 1.82) is 0 Å². The Morgan fingerprint density at radius 1 is 1.65 bits per heavy atom. The normalized spacial score (nSPS) is 12.4. The molecule has 1 unspecified atom stereocenters. The molecule has 1 rings (SSSR count). The van der Waals surface area contributed by atoms with Crippen LogP contribution in [0.1, 0.15) is 28.7 Å². The predicted octanol–water partition coefficient (Wildman–Crippen LogP) is 0.228. The third-order valence-electron chi connectivity index (χ3n) is 2.28. The van der Waals surface area contributed by atoms with Crippen molar-refractivity contribution in [2.24, 2.45) is 0 Å². The first-order chi connectivity index (χ1) is 8.22. The molecule has 0 spiro atoms. The maximum Gasteiger partial charge on any atom is 0.265 e. The van der Waals surface area contributed by atoms with Gasteiger partial charge in [-0.15, -0.1) is 5.10 Å². The number of ether oxygens (including phenoxy) is 1. The summed E-state index contributed by atoms with van der Waals surface area (Å²) in [5, 5.41) is 15.6. The van der Waals surface area contributed by atoms with Crippen LogP contribution in [0.25, 0.3) is 0 Å². The zero-order valence-corrected chi connectivity index (χ0v) is 10.8. The summed E-state index contributed by atoms with van der Waals surface area (Å²) < 4.78 is 8.74. The molecule has 2 N–H and O–H groups in total. The molecule has 17 heavy (non-hydrogen) atoms. The summed E-state index contributed by atoms with van der Waals surface area (Å²) in [4.78, 5) is 12.5. The highest BCUT2D eigenvalue weighted by molar-refractivity contribution is 7.08. The van der Waals surface area contributed by atoms with E-state index in [9.17, 15) is 4.79 Å². The Labute approximate surface area is 104 Å². The fourth-order valence-corrected chi connectivity index (χ4v) is 2.07. The Hall–Kier alpha value is -1.05. The second-order valence-corrected chi connectivity index (χ2v) is 4.29. The molecule has 1 amide bonds. The maximum absolute atomic E-state index is 11.9.